The van der Waals surface area contributed by atoms with E-state index in [2.05, 4.69) is 27.4 Å². The summed E-state index contributed by atoms with van der Waals surface area (Å²) in [5.41, 5.74) is 0.457. The molecule has 3 rings (SSSR count). The van der Waals surface area contributed by atoms with Gasteiger partial charge in [-0.05, 0) is 37.3 Å². The van der Waals surface area contributed by atoms with Crippen LogP contribution >= 0.6 is 23.4 Å². The van der Waals surface area contributed by atoms with E-state index in [1.165, 1.54) is 36.4 Å². The molecule has 36 heavy (non-hydrogen) atoms. The third kappa shape index (κ3) is 6.92. The normalized spacial score (nSPS) is 10.5. The molecular formula is C24H23ClFN5O4S. The smallest absolute Gasteiger partial charge is 0.338 e. The van der Waals surface area contributed by atoms with Crippen molar-refractivity contribution in [2.45, 2.75) is 25.2 Å². The van der Waals surface area contributed by atoms with Gasteiger partial charge in [-0.2, -0.15) is 0 Å². The molecule has 0 saturated carbocycles. The van der Waals surface area contributed by atoms with Crippen molar-refractivity contribution in [3.8, 4) is 0 Å². The van der Waals surface area contributed by atoms with Gasteiger partial charge >= 0.3 is 5.97 Å². The quantitative estimate of drug-likeness (QED) is 0.217. The molecule has 1 aromatic heterocycles. The minimum absolute atomic E-state index is 0.00295. The van der Waals surface area contributed by atoms with Gasteiger partial charge in [0, 0.05) is 6.54 Å². The van der Waals surface area contributed by atoms with Crippen LogP contribution in [0.1, 0.15) is 33.5 Å². The summed E-state index contributed by atoms with van der Waals surface area (Å²) in [6.07, 6.45) is 1.62. The number of thioether (sulfide) groups is 1. The van der Waals surface area contributed by atoms with Crippen LogP contribution in [0.5, 0.6) is 0 Å². The second kappa shape index (κ2) is 12.8. The van der Waals surface area contributed by atoms with E-state index in [1.807, 2.05) is 0 Å². The predicted molar refractivity (Wildman–Crippen MR) is 135 cm³/mol. The van der Waals surface area contributed by atoms with Crippen molar-refractivity contribution in [1.29, 1.82) is 0 Å². The van der Waals surface area contributed by atoms with Crippen LogP contribution in [0.15, 0.2) is 60.3 Å². The molecule has 2 aromatic carbocycles. The molecule has 0 radical (unpaired) electrons. The third-order valence-electron chi connectivity index (χ3n) is 4.71. The standard InChI is InChI=1S/C24H23ClFN5O4S/c1-3-11-31-20(13-27-22(33)16-7-5-6-8-18(16)26)29-30-24(31)36-14-21(32)28-19-12-15(9-10-17(19)25)23(34)35-4-2/h3,5-10,12H,1,4,11,13-14H2,2H3,(H,27,33)(H,28,32). The first kappa shape index (κ1) is 26.9. The summed E-state index contributed by atoms with van der Waals surface area (Å²) < 4.78 is 20.5. The lowest BCUT2D eigenvalue weighted by atomic mass is 10.2. The van der Waals surface area contributed by atoms with Gasteiger partial charge in [-0.1, -0.05) is 41.6 Å². The number of nitrogens with one attached hydrogen (secondary N) is 2. The number of hydrogen-bond donors (Lipinski definition) is 2. The molecule has 0 aliphatic rings. The molecule has 0 bridgehead atoms. The van der Waals surface area contributed by atoms with Crippen LogP contribution in [0.4, 0.5) is 10.1 Å². The second-order valence-electron chi connectivity index (χ2n) is 7.21. The Labute approximate surface area is 216 Å². The van der Waals surface area contributed by atoms with E-state index >= 15 is 0 Å². The van der Waals surface area contributed by atoms with E-state index in [1.54, 1.807) is 23.6 Å². The SMILES string of the molecule is C=CCn1c(CNC(=O)c2ccccc2F)nnc1SCC(=O)Nc1cc(C(=O)OCC)ccc1Cl. The largest absolute Gasteiger partial charge is 0.462 e. The van der Waals surface area contributed by atoms with Crippen molar-refractivity contribution >= 4 is 46.8 Å². The second-order valence-corrected chi connectivity index (χ2v) is 8.56. The van der Waals surface area contributed by atoms with Gasteiger partial charge in [0.15, 0.2) is 11.0 Å². The Balaban J connectivity index is 1.63. The summed E-state index contributed by atoms with van der Waals surface area (Å²) in [4.78, 5) is 36.8. The lowest BCUT2D eigenvalue weighted by Gasteiger charge is -2.10. The summed E-state index contributed by atoms with van der Waals surface area (Å²) in [6.45, 7) is 5.96. The lowest BCUT2D eigenvalue weighted by molar-refractivity contribution is -0.113. The first-order valence-corrected chi connectivity index (χ1v) is 12.1. The number of carbonyl (C=O) groups is 3. The molecule has 0 saturated heterocycles. The number of benzene rings is 2. The number of aromatic nitrogens is 3. The van der Waals surface area contributed by atoms with Gasteiger partial charge in [0.25, 0.3) is 5.91 Å². The lowest BCUT2D eigenvalue weighted by Crippen LogP contribution is -2.25. The fraction of sp³-hybridized carbons (Fsp3) is 0.208. The fourth-order valence-electron chi connectivity index (χ4n) is 3.05. The highest BCUT2D eigenvalue weighted by molar-refractivity contribution is 7.99. The summed E-state index contributed by atoms with van der Waals surface area (Å²) >= 11 is 7.27. The van der Waals surface area contributed by atoms with Crippen LogP contribution < -0.4 is 10.6 Å². The van der Waals surface area contributed by atoms with Gasteiger partial charge in [-0.15, -0.1) is 16.8 Å². The molecule has 0 spiro atoms. The maximum atomic E-state index is 13.8. The molecule has 0 unspecified atom stereocenters. The molecule has 0 aliphatic carbocycles. The molecule has 3 aromatic rings. The zero-order chi connectivity index (χ0) is 26.1. The molecule has 12 heteroatoms. The molecule has 0 fully saturated rings. The number of ether oxygens (including phenoxy) is 1. The Morgan fingerprint density at radius 2 is 2.00 bits per heavy atom. The van der Waals surface area contributed by atoms with Crippen molar-refractivity contribution in [2.75, 3.05) is 17.7 Å². The van der Waals surface area contributed by atoms with Crippen molar-refractivity contribution in [1.82, 2.24) is 20.1 Å². The zero-order valence-electron chi connectivity index (χ0n) is 19.3. The van der Waals surface area contributed by atoms with E-state index in [9.17, 15) is 18.8 Å². The number of rotatable bonds is 11. The highest BCUT2D eigenvalue weighted by Gasteiger charge is 2.17. The van der Waals surface area contributed by atoms with Crippen molar-refractivity contribution in [3.05, 3.63) is 82.9 Å². The molecule has 1 heterocycles. The third-order valence-corrected chi connectivity index (χ3v) is 6.01. The number of anilines is 1. The van der Waals surface area contributed by atoms with Crippen LogP contribution in [0, 0.1) is 5.82 Å². The van der Waals surface area contributed by atoms with Gasteiger partial charge in [0.05, 0.1) is 40.7 Å². The first-order chi connectivity index (χ1) is 17.3. The first-order valence-electron chi connectivity index (χ1n) is 10.8. The number of amides is 2. The Morgan fingerprint density at radius 1 is 1.22 bits per heavy atom. The van der Waals surface area contributed by atoms with E-state index in [-0.39, 0.29) is 46.6 Å². The van der Waals surface area contributed by atoms with E-state index in [0.717, 1.165) is 11.8 Å². The Morgan fingerprint density at radius 3 is 2.72 bits per heavy atom. The predicted octanol–water partition coefficient (Wildman–Crippen LogP) is 4.09. The summed E-state index contributed by atoms with van der Waals surface area (Å²) in [5.74, 6) is -1.74. The summed E-state index contributed by atoms with van der Waals surface area (Å²) in [5, 5.41) is 14.2. The maximum absolute atomic E-state index is 13.8. The topological polar surface area (TPSA) is 115 Å². The average molecular weight is 532 g/mol. The number of carbonyl (C=O) groups excluding carboxylic acids is 3. The molecule has 2 amide bonds. The van der Waals surface area contributed by atoms with Crippen molar-refractivity contribution in [2.24, 2.45) is 0 Å². The van der Waals surface area contributed by atoms with Gasteiger partial charge in [-0.25, -0.2) is 9.18 Å². The van der Waals surface area contributed by atoms with E-state index < -0.39 is 17.7 Å². The minimum Gasteiger partial charge on any atom is -0.462 e. The van der Waals surface area contributed by atoms with Gasteiger partial charge < -0.3 is 19.9 Å². The molecule has 0 aliphatic heterocycles. The highest BCUT2D eigenvalue weighted by Crippen LogP contribution is 2.25. The fourth-order valence-corrected chi connectivity index (χ4v) is 3.98. The zero-order valence-corrected chi connectivity index (χ0v) is 20.9. The van der Waals surface area contributed by atoms with Crippen molar-refractivity contribution in [3.63, 3.8) is 0 Å². The van der Waals surface area contributed by atoms with Gasteiger partial charge in [-0.3, -0.25) is 9.59 Å². The number of esters is 1. The highest BCUT2D eigenvalue weighted by atomic mass is 35.5. The molecular weight excluding hydrogens is 509 g/mol. The number of halogens is 2. The Kier molecular flexibility index (Phi) is 9.60. The summed E-state index contributed by atoms with van der Waals surface area (Å²) in [6, 6.07) is 10.1. The van der Waals surface area contributed by atoms with Gasteiger partial charge in [0.2, 0.25) is 5.91 Å². The van der Waals surface area contributed by atoms with E-state index in [0.29, 0.717) is 17.5 Å². The molecule has 9 nitrogen and oxygen atoms in total. The summed E-state index contributed by atoms with van der Waals surface area (Å²) in [7, 11) is 0. The van der Waals surface area contributed by atoms with Crippen LogP contribution in [0.25, 0.3) is 0 Å². The molecule has 188 valence electrons. The van der Waals surface area contributed by atoms with Crippen LogP contribution in [-0.4, -0.2) is 44.9 Å². The number of allylic oxidation sites excluding steroid dienone is 1. The van der Waals surface area contributed by atoms with Gasteiger partial charge in [0.1, 0.15) is 5.82 Å². The van der Waals surface area contributed by atoms with Crippen LogP contribution in [0.3, 0.4) is 0 Å². The maximum Gasteiger partial charge on any atom is 0.338 e. The number of nitrogens with zero attached hydrogens (tertiary/aromatic N) is 3. The molecule has 0 atom stereocenters. The minimum atomic E-state index is -0.627. The Hall–Kier alpha value is -3.70. The molecule has 2 N–H and O–H groups in total. The monoisotopic (exact) mass is 531 g/mol. The van der Waals surface area contributed by atoms with Crippen molar-refractivity contribution < 1.29 is 23.5 Å². The van der Waals surface area contributed by atoms with E-state index in [4.69, 9.17) is 16.3 Å². The average Bonchev–Trinajstić information content (AvgIpc) is 3.24. The number of hydrogen-bond acceptors (Lipinski definition) is 7. The Bertz CT molecular complexity index is 1280. The van der Waals surface area contributed by atoms with Crippen LogP contribution in [-0.2, 0) is 22.6 Å². The van der Waals surface area contributed by atoms with Crippen LogP contribution in [0.2, 0.25) is 5.02 Å².